The topological polar surface area (TPSA) is 55.1 Å². The Bertz CT molecular complexity index is 578. The number of anilines is 1. The first-order chi connectivity index (χ1) is 9.89. The molecule has 0 saturated carbocycles. The number of rotatable bonds is 5. The number of nitrogens with one attached hydrogen (secondary N) is 1. The highest BCUT2D eigenvalue weighted by Crippen LogP contribution is 2.22. The average Bonchev–Trinajstić information content (AvgIpc) is 2.44. The average molecular weight is 368 g/mol. The van der Waals surface area contributed by atoms with E-state index >= 15 is 0 Å². The number of hydrogen-bond donors (Lipinski definition) is 2. The van der Waals surface area contributed by atoms with Crippen molar-refractivity contribution in [2.45, 2.75) is 18.9 Å². The van der Waals surface area contributed by atoms with Crippen LogP contribution in [0, 0.1) is 0 Å². The fraction of sp³-hybridized carbons (Fsp3) is 0.188. The summed E-state index contributed by atoms with van der Waals surface area (Å²) in [7, 11) is 0. The summed E-state index contributed by atoms with van der Waals surface area (Å²) < 4.78 is 0.978. The molecule has 1 unspecified atom stereocenters. The van der Waals surface area contributed by atoms with E-state index in [4.69, 9.17) is 17.3 Å². The van der Waals surface area contributed by atoms with Gasteiger partial charge in [-0.15, -0.1) is 0 Å². The number of carbonyl (C=O) groups excluding carboxylic acids is 1. The molecule has 0 fully saturated rings. The molecule has 2 aromatic carbocycles. The molecule has 0 heterocycles. The van der Waals surface area contributed by atoms with Crippen molar-refractivity contribution in [3.8, 4) is 0 Å². The fourth-order valence-electron chi connectivity index (χ4n) is 2.06. The molecule has 110 valence electrons. The van der Waals surface area contributed by atoms with Crippen LogP contribution in [0.3, 0.4) is 0 Å². The van der Waals surface area contributed by atoms with Gasteiger partial charge in [0.05, 0.1) is 0 Å². The molecule has 0 aliphatic rings. The zero-order chi connectivity index (χ0) is 15.5. The van der Waals surface area contributed by atoms with E-state index in [2.05, 4.69) is 21.2 Å². The largest absolute Gasteiger partial charge is 0.371 e. The van der Waals surface area contributed by atoms with Crippen LogP contribution in [0.2, 0.25) is 5.02 Å². The SMILES string of the molecule is CC(Cc1ccc(Cl)cc1)(Nc1ccc(Br)cc1)C(N)=O. The van der Waals surface area contributed by atoms with Gasteiger partial charge in [0.2, 0.25) is 5.91 Å². The van der Waals surface area contributed by atoms with E-state index in [1.165, 1.54) is 0 Å². The molecular weight excluding hydrogens is 352 g/mol. The highest BCUT2D eigenvalue weighted by atomic mass is 79.9. The van der Waals surface area contributed by atoms with Crippen molar-refractivity contribution in [2.75, 3.05) is 5.32 Å². The Hall–Kier alpha value is -1.52. The number of primary amides is 1. The fourth-order valence-corrected chi connectivity index (χ4v) is 2.45. The van der Waals surface area contributed by atoms with Crippen LogP contribution in [-0.4, -0.2) is 11.4 Å². The highest BCUT2D eigenvalue weighted by Gasteiger charge is 2.31. The Kier molecular flexibility index (Phi) is 4.91. The van der Waals surface area contributed by atoms with E-state index in [0.717, 1.165) is 15.7 Å². The summed E-state index contributed by atoms with van der Waals surface area (Å²) in [5.74, 6) is -0.402. The number of hydrogen-bond acceptors (Lipinski definition) is 2. The van der Waals surface area contributed by atoms with Gasteiger partial charge in [-0.2, -0.15) is 0 Å². The second-order valence-electron chi connectivity index (χ2n) is 5.13. The number of halogens is 2. The van der Waals surface area contributed by atoms with Gasteiger partial charge in [0.25, 0.3) is 0 Å². The summed E-state index contributed by atoms with van der Waals surface area (Å²) in [6.07, 6.45) is 0.482. The second kappa shape index (κ2) is 6.50. The van der Waals surface area contributed by atoms with Crippen LogP contribution in [0.1, 0.15) is 12.5 Å². The van der Waals surface area contributed by atoms with Crippen molar-refractivity contribution in [3.63, 3.8) is 0 Å². The summed E-state index contributed by atoms with van der Waals surface area (Å²) in [6.45, 7) is 1.80. The summed E-state index contributed by atoms with van der Waals surface area (Å²) >= 11 is 9.26. The van der Waals surface area contributed by atoms with E-state index in [1.807, 2.05) is 36.4 Å². The molecule has 3 nitrogen and oxygen atoms in total. The molecule has 0 aliphatic heterocycles. The Labute approximate surface area is 137 Å². The summed E-state index contributed by atoms with van der Waals surface area (Å²) in [5, 5.41) is 3.88. The molecule has 0 radical (unpaired) electrons. The van der Waals surface area contributed by atoms with Crippen molar-refractivity contribution in [3.05, 3.63) is 63.6 Å². The highest BCUT2D eigenvalue weighted by molar-refractivity contribution is 9.10. The molecule has 0 aromatic heterocycles. The van der Waals surface area contributed by atoms with Gasteiger partial charge < -0.3 is 11.1 Å². The summed E-state index contributed by atoms with van der Waals surface area (Å²) in [5.41, 5.74) is 6.55. The first-order valence-electron chi connectivity index (χ1n) is 6.47. The number of amides is 1. The van der Waals surface area contributed by atoms with Gasteiger partial charge in [-0.05, 0) is 48.9 Å². The molecule has 1 atom stereocenters. The Morgan fingerprint density at radius 3 is 2.29 bits per heavy atom. The quantitative estimate of drug-likeness (QED) is 0.839. The molecule has 0 saturated heterocycles. The van der Waals surface area contributed by atoms with Crippen LogP contribution in [-0.2, 0) is 11.2 Å². The molecule has 2 rings (SSSR count). The zero-order valence-electron chi connectivity index (χ0n) is 11.6. The summed E-state index contributed by atoms with van der Waals surface area (Å²) in [4.78, 5) is 11.9. The Morgan fingerprint density at radius 2 is 1.76 bits per heavy atom. The molecule has 21 heavy (non-hydrogen) atoms. The normalized spacial score (nSPS) is 13.5. The monoisotopic (exact) mass is 366 g/mol. The molecular formula is C16H16BrClN2O. The standard InChI is InChI=1S/C16H16BrClN2O/c1-16(15(19)21,10-11-2-6-13(18)7-3-11)20-14-8-4-12(17)5-9-14/h2-9,20H,10H2,1H3,(H2,19,21). The van der Waals surface area contributed by atoms with Gasteiger partial charge >= 0.3 is 0 Å². The maximum absolute atomic E-state index is 11.9. The minimum atomic E-state index is -0.873. The number of nitrogens with two attached hydrogens (primary N) is 1. The van der Waals surface area contributed by atoms with Crippen LogP contribution < -0.4 is 11.1 Å². The second-order valence-corrected chi connectivity index (χ2v) is 6.48. The lowest BCUT2D eigenvalue weighted by molar-refractivity contribution is -0.121. The third-order valence-corrected chi connectivity index (χ3v) is 4.06. The van der Waals surface area contributed by atoms with Crippen LogP contribution in [0.5, 0.6) is 0 Å². The lowest BCUT2D eigenvalue weighted by Gasteiger charge is -2.29. The minimum Gasteiger partial charge on any atom is -0.371 e. The zero-order valence-corrected chi connectivity index (χ0v) is 13.9. The van der Waals surface area contributed by atoms with Gasteiger partial charge in [0.15, 0.2) is 0 Å². The van der Waals surface area contributed by atoms with Crippen molar-refractivity contribution < 1.29 is 4.79 Å². The molecule has 1 amide bonds. The predicted molar refractivity (Wildman–Crippen MR) is 90.5 cm³/mol. The van der Waals surface area contributed by atoms with Crippen molar-refractivity contribution in [2.24, 2.45) is 5.73 Å². The Balaban J connectivity index is 2.21. The maximum Gasteiger partial charge on any atom is 0.243 e. The Morgan fingerprint density at radius 1 is 1.19 bits per heavy atom. The van der Waals surface area contributed by atoms with Crippen molar-refractivity contribution >= 4 is 39.1 Å². The first kappa shape index (κ1) is 15.9. The van der Waals surface area contributed by atoms with Crippen LogP contribution in [0.4, 0.5) is 5.69 Å². The van der Waals surface area contributed by atoms with Crippen LogP contribution in [0.15, 0.2) is 53.0 Å². The van der Waals surface area contributed by atoms with Gasteiger partial charge in [0, 0.05) is 21.6 Å². The smallest absolute Gasteiger partial charge is 0.243 e. The lowest BCUT2D eigenvalue weighted by atomic mass is 9.91. The first-order valence-corrected chi connectivity index (χ1v) is 7.64. The molecule has 0 spiro atoms. The van der Waals surface area contributed by atoms with Crippen LogP contribution in [0.25, 0.3) is 0 Å². The third-order valence-electron chi connectivity index (χ3n) is 3.28. The van der Waals surface area contributed by atoms with Crippen molar-refractivity contribution in [1.29, 1.82) is 0 Å². The molecule has 0 aliphatic carbocycles. The minimum absolute atomic E-state index is 0.402. The van der Waals surface area contributed by atoms with Gasteiger partial charge in [0.1, 0.15) is 5.54 Å². The van der Waals surface area contributed by atoms with E-state index < -0.39 is 11.4 Å². The van der Waals surface area contributed by atoms with E-state index in [-0.39, 0.29) is 0 Å². The number of carbonyl (C=O) groups is 1. The molecule has 2 aromatic rings. The van der Waals surface area contributed by atoms with Crippen molar-refractivity contribution in [1.82, 2.24) is 0 Å². The van der Waals surface area contributed by atoms with E-state index in [9.17, 15) is 4.79 Å². The predicted octanol–water partition coefficient (Wildman–Crippen LogP) is 4.00. The molecule has 3 N–H and O–H groups in total. The molecule has 0 bridgehead atoms. The molecule has 5 heteroatoms. The van der Waals surface area contributed by atoms with Gasteiger partial charge in [-0.25, -0.2) is 0 Å². The van der Waals surface area contributed by atoms with Gasteiger partial charge in [-0.1, -0.05) is 39.7 Å². The van der Waals surface area contributed by atoms with Gasteiger partial charge in [-0.3, -0.25) is 4.79 Å². The lowest BCUT2D eigenvalue weighted by Crippen LogP contribution is -2.49. The maximum atomic E-state index is 11.9. The van der Waals surface area contributed by atoms with E-state index in [1.54, 1.807) is 19.1 Å². The van der Waals surface area contributed by atoms with E-state index in [0.29, 0.717) is 11.4 Å². The van der Waals surface area contributed by atoms with Crippen LogP contribution >= 0.6 is 27.5 Å². The third kappa shape index (κ3) is 4.22. The number of benzene rings is 2. The summed E-state index contributed by atoms with van der Waals surface area (Å²) in [6, 6.07) is 15.0.